The number of aromatic nitrogens is 1. The van der Waals surface area contributed by atoms with Gasteiger partial charge < -0.3 is 9.84 Å². The predicted molar refractivity (Wildman–Crippen MR) is 86.0 cm³/mol. The van der Waals surface area contributed by atoms with Gasteiger partial charge in [0, 0.05) is 16.7 Å². The van der Waals surface area contributed by atoms with Gasteiger partial charge >= 0.3 is 0 Å². The Bertz CT molecular complexity index is 859. The van der Waals surface area contributed by atoms with Gasteiger partial charge in [0.15, 0.2) is 11.5 Å². The van der Waals surface area contributed by atoms with Crippen molar-refractivity contribution in [2.45, 2.75) is 6.92 Å². The summed E-state index contributed by atoms with van der Waals surface area (Å²) in [5.41, 5.74) is 1.74. The molecule has 0 aliphatic heterocycles. The van der Waals surface area contributed by atoms with Crippen molar-refractivity contribution in [3.8, 4) is 11.3 Å². The van der Waals surface area contributed by atoms with E-state index in [1.54, 1.807) is 36.4 Å². The maximum atomic E-state index is 13.7. The number of halogens is 2. The molecule has 1 heterocycles. The van der Waals surface area contributed by atoms with Gasteiger partial charge in [0.25, 0.3) is 5.91 Å². The third-order valence-electron chi connectivity index (χ3n) is 3.24. The van der Waals surface area contributed by atoms with Gasteiger partial charge in [0.1, 0.15) is 5.82 Å². The van der Waals surface area contributed by atoms with Gasteiger partial charge in [-0.05, 0) is 48.9 Å². The summed E-state index contributed by atoms with van der Waals surface area (Å²) in [4.78, 5) is 12.2. The second-order valence-corrected chi connectivity index (χ2v) is 5.46. The van der Waals surface area contributed by atoms with Crippen molar-refractivity contribution >= 4 is 23.2 Å². The molecule has 0 bridgehead atoms. The number of nitrogens with zero attached hydrogens (tertiary/aromatic N) is 1. The van der Waals surface area contributed by atoms with Crippen LogP contribution in [0.15, 0.2) is 53.1 Å². The van der Waals surface area contributed by atoms with Gasteiger partial charge in [-0.25, -0.2) is 4.39 Å². The van der Waals surface area contributed by atoms with Crippen LogP contribution in [0.4, 0.5) is 10.1 Å². The molecule has 1 N–H and O–H groups in total. The largest absolute Gasteiger partial charge is 0.355 e. The lowest BCUT2D eigenvalue weighted by molar-refractivity contribution is 0.101. The molecular weight excluding hydrogens is 319 g/mol. The molecule has 0 aliphatic rings. The zero-order valence-electron chi connectivity index (χ0n) is 12.1. The van der Waals surface area contributed by atoms with E-state index in [0.717, 1.165) is 11.1 Å². The van der Waals surface area contributed by atoms with Crippen LogP contribution < -0.4 is 5.32 Å². The van der Waals surface area contributed by atoms with Crippen LogP contribution in [0.2, 0.25) is 5.02 Å². The fourth-order valence-electron chi connectivity index (χ4n) is 2.05. The molecule has 116 valence electrons. The Morgan fingerprint density at radius 3 is 2.65 bits per heavy atom. The van der Waals surface area contributed by atoms with Crippen LogP contribution in [0.5, 0.6) is 0 Å². The monoisotopic (exact) mass is 330 g/mol. The molecule has 1 amide bonds. The normalized spacial score (nSPS) is 10.6. The van der Waals surface area contributed by atoms with Crippen LogP contribution in [0.1, 0.15) is 16.1 Å². The van der Waals surface area contributed by atoms with Crippen molar-refractivity contribution in [1.82, 2.24) is 5.16 Å². The summed E-state index contributed by atoms with van der Waals surface area (Å²) < 4.78 is 18.8. The van der Waals surface area contributed by atoms with Crippen molar-refractivity contribution < 1.29 is 13.7 Å². The summed E-state index contributed by atoms with van der Waals surface area (Å²) in [6.07, 6.45) is 0. The minimum Gasteiger partial charge on any atom is -0.355 e. The van der Waals surface area contributed by atoms with Gasteiger partial charge in [0.05, 0.1) is 5.69 Å². The molecule has 0 atom stereocenters. The second kappa shape index (κ2) is 6.22. The van der Waals surface area contributed by atoms with Crippen molar-refractivity contribution in [2.75, 3.05) is 5.32 Å². The smallest absolute Gasteiger partial charge is 0.277 e. The molecule has 0 aliphatic carbocycles. The number of hydrogen-bond donors (Lipinski definition) is 1. The Hall–Kier alpha value is -2.66. The highest BCUT2D eigenvalue weighted by Crippen LogP contribution is 2.23. The van der Waals surface area contributed by atoms with Crippen molar-refractivity contribution in [2.24, 2.45) is 0 Å². The molecule has 0 radical (unpaired) electrons. The van der Waals surface area contributed by atoms with E-state index in [9.17, 15) is 9.18 Å². The minimum absolute atomic E-state index is 0.0656. The maximum absolute atomic E-state index is 13.7. The summed E-state index contributed by atoms with van der Waals surface area (Å²) in [6, 6.07) is 12.9. The number of anilines is 1. The van der Waals surface area contributed by atoms with Gasteiger partial charge in [0.2, 0.25) is 0 Å². The average Bonchev–Trinajstić information content (AvgIpc) is 3.02. The summed E-state index contributed by atoms with van der Waals surface area (Å²) in [5.74, 6) is -0.625. The molecule has 0 saturated carbocycles. The molecule has 3 rings (SSSR count). The number of benzene rings is 2. The lowest BCUT2D eigenvalue weighted by Crippen LogP contribution is -2.13. The van der Waals surface area contributed by atoms with Gasteiger partial charge in [-0.3, -0.25) is 4.79 Å². The summed E-state index contributed by atoms with van der Waals surface area (Å²) >= 11 is 5.83. The Kier molecular flexibility index (Phi) is 4.12. The minimum atomic E-state index is -0.543. The second-order valence-electron chi connectivity index (χ2n) is 5.02. The molecule has 0 spiro atoms. The first-order valence-electron chi connectivity index (χ1n) is 6.83. The summed E-state index contributed by atoms with van der Waals surface area (Å²) in [6.45, 7) is 1.81. The van der Waals surface area contributed by atoms with E-state index in [0.29, 0.717) is 10.8 Å². The number of rotatable bonds is 3. The number of hydrogen-bond acceptors (Lipinski definition) is 3. The molecule has 0 unspecified atom stereocenters. The highest BCUT2D eigenvalue weighted by Gasteiger charge is 2.15. The SMILES string of the molecule is Cc1ccc(F)c(NC(=O)c2cc(-c3ccc(Cl)cc3)on2)c1. The number of nitrogens with one attached hydrogen (secondary N) is 1. The van der Waals surface area contributed by atoms with Gasteiger partial charge in [-0.15, -0.1) is 0 Å². The predicted octanol–water partition coefficient (Wildman–Crippen LogP) is 4.69. The first-order valence-corrected chi connectivity index (χ1v) is 7.21. The number of carbonyl (C=O) groups excluding carboxylic acids is 1. The van der Waals surface area contributed by atoms with Crippen LogP contribution >= 0.6 is 11.6 Å². The van der Waals surface area contributed by atoms with Crippen molar-refractivity contribution in [1.29, 1.82) is 0 Å². The molecule has 3 aromatic rings. The summed E-state index contributed by atoms with van der Waals surface area (Å²) in [5, 5.41) is 6.80. The molecule has 4 nitrogen and oxygen atoms in total. The molecule has 1 aromatic heterocycles. The average molecular weight is 331 g/mol. The zero-order valence-corrected chi connectivity index (χ0v) is 12.9. The summed E-state index contributed by atoms with van der Waals surface area (Å²) in [7, 11) is 0. The van der Waals surface area contributed by atoms with Gasteiger partial charge in [-0.1, -0.05) is 22.8 Å². The quantitative estimate of drug-likeness (QED) is 0.757. The van der Waals surface area contributed by atoms with Crippen LogP contribution in [-0.4, -0.2) is 11.1 Å². The van der Waals surface area contributed by atoms with Crippen LogP contribution in [0.25, 0.3) is 11.3 Å². The topological polar surface area (TPSA) is 55.1 Å². The Morgan fingerprint density at radius 1 is 1.17 bits per heavy atom. The molecule has 0 fully saturated rings. The number of carbonyl (C=O) groups is 1. The fourth-order valence-corrected chi connectivity index (χ4v) is 2.18. The zero-order chi connectivity index (χ0) is 16.4. The maximum Gasteiger partial charge on any atom is 0.277 e. The van der Waals surface area contributed by atoms with Crippen molar-refractivity contribution in [3.63, 3.8) is 0 Å². The fraction of sp³-hybridized carbons (Fsp3) is 0.0588. The molecular formula is C17H12ClFN2O2. The highest BCUT2D eigenvalue weighted by atomic mass is 35.5. The van der Waals surface area contributed by atoms with E-state index in [1.807, 2.05) is 6.92 Å². The Morgan fingerprint density at radius 2 is 1.91 bits per heavy atom. The van der Waals surface area contributed by atoms with Crippen molar-refractivity contribution in [3.05, 3.63) is 70.6 Å². The first kappa shape index (κ1) is 15.2. The number of aryl methyl sites for hydroxylation is 1. The van der Waals surface area contributed by atoms with Crippen LogP contribution in [-0.2, 0) is 0 Å². The van der Waals surface area contributed by atoms with E-state index in [1.165, 1.54) is 12.1 Å². The molecule has 23 heavy (non-hydrogen) atoms. The molecule has 6 heteroatoms. The molecule has 0 saturated heterocycles. The van der Waals surface area contributed by atoms with Crippen LogP contribution in [0, 0.1) is 12.7 Å². The highest BCUT2D eigenvalue weighted by molar-refractivity contribution is 6.30. The Balaban J connectivity index is 1.81. The first-order chi connectivity index (χ1) is 11.0. The Labute approximate surface area is 136 Å². The van der Waals surface area contributed by atoms with E-state index in [2.05, 4.69) is 10.5 Å². The van der Waals surface area contributed by atoms with Gasteiger partial charge in [-0.2, -0.15) is 0 Å². The van der Waals surface area contributed by atoms with E-state index >= 15 is 0 Å². The standard InChI is InChI=1S/C17H12ClFN2O2/c1-10-2-7-13(19)14(8-10)20-17(22)15-9-16(23-21-15)11-3-5-12(18)6-4-11/h2-9H,1H3,(H,20,22). The van der Waals surface area contributed by atoms with Crippen LogP contribution in [0.3, 0.4) is 0 Å². The number of amides is 1. The van der Waals surface area contributed by atoms with E-state index < -0.39 is 11.7 Å². The van der Waals surface area contributed by atoms with E-state index in [-0.39, 0.29) is 11.4 Å². The third-order valence-corrected chi connectivity index (χ3v) is 3.49. The lowest BCUT2D eigenvalue weighted by Gasteiger charge is -2.05. The lowest BCUT2D eigenvalue weighted by atomic mass is 10.1. The van der Waals surface area contributed by atoms with E-state index in [4.69, 9.17) is 16.1 Å². The molecule has 2 aromatic carbocycles. The third kappa shape index (κ3) is 3.40.